The molecule has 22 heavy (non-hydrogen) atoms. The van der Waals surface area contributed by atoms with Crippen LogP contribution in [0.15, 0.2) is 41.4 Å². The average molecular weight is 330 g/mol. The fraction of sp³-hybridized carbons (Fsp3) is 0.0667. The minimum Gasteiger partial charge on any atom is -0.480 e. The molecular weight excluding hydrogens is 320 g/mol. The van der Waals surface area contributed by atoms with Crippen LogP contribution in [0.3, 0.4) is 0 Å². The van der Waals surface area contributed by atoms with Gasteiger partial charge in [-0.2, -0.15) is 0 Å². The average Bonchev–Trinajstić information content (AvgIpc) is 2.75. The first-order chi connectivity index (χ1) is 10.6. The van der Waals surface area contributed by atoms with Crippen LogP contribution in [0.25, 0.3) is 17.0 Å². The summed E-state index contributed by atoms with van der Waals surface area (Å²) in [5.41, 5.74) is 1.59. The topological polar surface area (TPSA) is 70.5 Å². The molecule has 1 fully saturated rings. The van der Waals surface area contributed by atoms with Crippen LogP contribution in [0.1, 0.15) is 5.56 Å². The lowest BCUT2D eigenvalue weighted by Gasteiger charge is -2.10. The van der Waals surface area contributed by atoms with Gasteiger partial charge in [-0.05, 0) is 12.1 Å². The maximum Gasteiger partial charge on any atom is 0.323 e. The molecule has 2 aromatic rings. The second-order valence-corrected chi connectivity index (χ2v) is 6.26. The molecule has 0 radical (unpaired) electrons. The summed E-state index contributed by atoms with van der Waals surface area (Å²) in [5.74, 6) is -1.48. The molecule has 2 heterocycles. The second-order valence-electron chi connectivity index (χ2n) is 4.58. The summed E-state index contributed by atoms with van der Waals surface area (Å²) in [5, 5.41) is 9.80. The molecule has 0 saturated carbocycles. The molecule has 1 aromatic carbocycles. The molecule has 1 saturated heterocycles. The largest absolute Gasteiger partial charge is 0.480 e. The standard InChI is InChI=1S/C15H10N2O3S2/c18-12(19)8-17-14(20)11(22-15(17)21)7-10-4-1-3-9-5-2-6-16-13(9)10/h1-7H,8H2,(H,18,19). The Balaban J connectivity index is 2.00. The summed E-state index contributed by atoms with van der Waals surface area (Å²) in [6.07, 6.45) is 3.39. The van der Waals surface area contributed by atoms with Gasteiger partial charge in [-0.1, -0.05) is 48.2 Å². The van der Waals surface area contributed by atoms with E-state index in [1.165, 1.54) is 0 Å². The number of carbonyl (C=O) groups excluding carboxylic acids is 1. The van der Waals surface area contributed by atoms with Crippen LogP contribution >= 0.6 is 24.0 Å². The highest BCUT2D eigenvalue weighted by atomic mass is 32.2. The minimum atomic E-state index is -1.09. The zero-order valence-electron chi connectivity index (χ0n) is 11.2. The summed E-state index contributed by atoms with van der Waals surface area (Å²) in [6, 6.07) is 9.47. The van der Waals surface area contributed by atoms with Gasteiger partial charge in [0.2, 0.25) is 0 Å². The van der Waals surface area contributed by atoms with Crippen molar-refractivity contribution in [3.8, 4) is 0 Å². The van der Waals surface area contributed by atoms with E-state index in [1.807, 2.05) is 30.3 Å². The lowest BCUT2D eigenvalue weighted by atomic mass is 10.1. The van der Waals surface area contributed by atoms with E-state index in [9.17, 15) is 9.59 Å². The van der Waals surface area contributed by atoms with Crippen LogP contribution in [-0.2, 0) is 9.59 Å². The van der Waals surface area contributed by atoms with Crippen molar-refractivity contribution >= 4 is 57.2 Å². The fourth-order valence-electron chi connectivity index (χ4n) is 2.16. The van der Waals surface area contributed by atoms with Gasteiger partial charge in [0.05, 0.1) is 10.4 Å². The van der Waals surface area contributed by atoms with Gasteiger partial charge in [-0.25, -0.2) is 0 Å². The maximum absolute atomic E-state index is 12.3. The number of amides is 1. The number of aliphatic carboxylic acids is 1. The first kappa shape index (κ1) is 14.7. The van der Waals surface area contributed by atoms with Gasteiger partial charge in [0.15, 0.2) is 0 Å². The highest BCUT2D eigenvalue weighted by molar-refractivity contribution is 8.26. The first-order valence-corrected chi connectivity index (χ1v) is 7.59. The number of hydrogen-bond acceptors (Lipinski definition) is 5. The number of aromatic nitrogens is 1. The van der Waals surface area contributed by atoms with E-state index in [1.54, 1.807) is 12.3 Å². The SMILES string of the molecule is O=C(O)CN1C(=O)C(=Cc2cccc3cccnc23)SC1=S. The molecule has 0 atom stereocenters. The Morgan fingerprint density at radius 1 is 1.36 bits per heavy atom. The Bertz CT molecular complexity index is 827. The number of carbonyl (C=O) groups is 2. The third-order valence-corrected chi connectivity index (χ3v) is 4.50. The van der Waals surface area contributed by atoms with Crippen LogP contribution in [0.2, 0.25) is 0 Å². The Morgan fingerprint density at radius 3 is 2.91 bits per heavy atom. The zero-order valence-corrected chi connectivity index (χ0v) is 12.9. The van der Waals surface area contributed by atoms with E-state index in [0.29, 0.717) is 4.91 Å². The predicted molar refractivity (Wildman–Crippen MR) is 89.3 cm³/mol. The molecule has 7 heteroatoms. The minimum absolute atomic E-state index is 0.256. The lowest BCUT2D eigenvalue weighted by molar-refractivity contribution is -0.140. The molecule has 3 rings (SSSR count). The number of rotatable bonds is 3. The van der Waals surface area contributed by atoms with Crippen molar-refractivity contribution < 1.29 is 14.7 Å². The van der Waals surface area contributed by atoms with Crippen molar-refractivity contribution in [2.75, 3.05) is 6.54 Å². The van der Waals surface area contributed by atoms with Crippen molar-refractivity contribution in [2.45, 2.75) is 0 Å². The van der Waals surface area contributed by atoms with E-state index in [-0.39, 0.29) is 10.2 Å². The van der Waals surface area contributed by atoms with Gasteiger partial charge in [0.25, 0.3) is 5.91 Å². The molecule has 0 bridgehead atoms. The molecule has 1 amide bonds. The van der Waals surface area contributed by atoms with Crippen LogP contribution < -0.4 is 0 Å². The number of thioether (sulfide) groups is 1. The molecular formula is C15H10N2O3S2. The number of para-hydroxylation sites is 1. The van der Waals surface area contributed by atoms with Crippen molar-refractivity contribution in [1.29, 1.82) is 0 Å². The molecule has 5 nitrogen and oxygen atoms in total. The van der Waals surface area contributed by atoms with Gasteiger partial charge >= 0.3 is 5.97 Å². The number of carboxylic acid groups (broad SMARTS) is 1. The van der Waals surface area contributed by atoms with Crippen LogP contribution in [0.4, 0.5) is 0 Å². The summed E-state index contributed by atoms with van der Waals surface area (Å²) in [6.45, 7) is -0.421. The monoisotopic (exact) mass is 330 g/mol. The summed E-state index contributed by atoms with van der Waals surface area (Å²) in [4.78, 5) is 28.9. The van der Waals surface area contributed by atoms with Crippen molar-refractivity contribution in [2.24, 2.45) is 0 Å². The molecule has 0 aliphatic carbocycles. The normalized spacial score (nSPS) is 16.7. The van der Waals surface area contributed by atoms with Crippen molar-refractivity contribution in [3.05, 3.63) is 47.0 Å². The first-order valence-electron chi connectivity index (χ1n) is 6.37. The van der Waals surface area contributed by atoms with Gasteiger partial charge < -0.3 is 5.11 Å². The van der Waals surface area contributed by atoms with Gasteiger partial charge in [-0.15, -0.1) is 0 Å². The number of nitrogens with zero attached hydrogens (tertiary/aromatic N) is 2. The third-order valence-electron chi connectivity index (χ3n) is 3.12. The number of carboxylic acids is 1. The van der Waals surface area contributed by atoms with E-state index < -0.39 is 12.5 Å². The predicted octanol–water partition coefficient (Wildman–Crippen LogP) is 2.52. The third kappa shape index (κ3) is 2.72. The Hall–Kier alpha value is -2.25. The number of benzene rings is 1. The van der Waals surface area contributed by atoms with E-state index in [4.69, 9.17) is 17.3 Å². The van der Waals surface area contributed by atoms with Crippen LogP contribution in [-0.4, -0.2) is 37.7 Å². The zero-order chi connectivity index (χ0) is 15.7. The Kier molecular flexibility index (Phi) is 3.91. The number of fused-ring (bicyclic) bond motifs is 1. The maximum atomic E-state index is 12.3. The number of hydrogen-bond donors (Lipinski definition) is 1. The van der Waals surface area contributed by atoms with Gasteiger partial charge in [-0.3, -0.25) is 19.5 Å². The van der Waals surface area contributed by atoms with E-state index >= 15 is 0 Å². The van der Waals surface area contributed by atoms with Gasteiger partial charge in [0, 0.05) is 17.1 Å². The lowest BCUT2D eigenvalue weighted by Crippen LogP contribution is -2.33. The highest BCUT2D eigenvalue weighted by Crippen LogP contribution is 2.33. The van der Waals surface area contributed by atoms with E-state index in [2.05, 4.69) is 4.98 Å². The quantitative estimate of drug-likeness (QED) is 0.689. The summed E-state index contributed by atoms with van der Waals surface area (Å²) in [7, 11) is 0. The van der Waals surface area contributed by atoms with Crippen molar-refractivity contribution in [1.82, 2.24) is 9.88 Å². The summed E-state index contributed by atoms with van der Waals surface area (Å²) >= 11 is 6.18. The molecule has 1 N–H and O–H groups in total. The number of thiocarbonyl (C=S) groups is 1. The van der Waals surface area contributed by atoms with Crippen LogP contribution in [0, 0.1) is 0 Å². The second kappa shape index (κ2) is 5.86. The van der Waals surface area contributed by atoms with Crippen LogP contribution in [0.5, 0.6) is 0 Å². The van der Waals surface area contributed by atoms with Crippen molar-refractivity contribution in [3.63, 3.8) is 0 Å². The summed E-state index contributed by atoms with van der Waals surface area (Å²) < 4.78 is 0.256. The highest BCUT2D eigenvalue weighted by Gasteiger charge is 2.33. The Morgan fingerprint density at radius 2 is 2.14 bits per heavy atom. The molecule has 0 spiro atoms. The smallest absolute Gasteiger partial charge is 0.323 e. The molecule has 1 aliphatic heterocycles. The molecule has 0 unspecified atom stereocenters. The molecule has 1 aliphatic rings. The molecule has 110 valence electrons. The van der Waals surface area contributed by atoms with E-state index in [0.717, 1.165) is 33.1 Å². The molecule has 1 aromatic heterocycles. The fourth-order valence-corrected chi connectivity index (χ4v) is 3.40. The van der Waals surface area contributed by atoms with Gasteiger partial charge in [0.1, 0.15) is 10.9 Å². The Labute approximate surface area is 135 Å². The number of pyridine rings is 1.